The summed E-state index contributed by atoms with van der Waals surface area (Å²) in [6, 6.07) is 7.19. The maximum absolute atomic E-state index is 11.8. The summed E-state index contributed by atoms with van der Waals surface area (Å²) >= 11 is 11.7. The molecule has 1 aromatic heterocycles. The first kappa shape index (κ1) is 15.3. The summed E-state index contributed by atoms with van der Waals surface area (Å²) in [7, 11) is 0. The maximum Gasteiger partial charge on any atom is 0.433 e. The van der Waals surface area contributed by atoms with Crippen LogP contribution in [-0.2, 0) is 9.53 Å². The summed E-state index contributed by atoms with van der Waals surface area (Å²) in [6.07, 6.45) is 1.25. The van der Waals surface area contributed by atoms with Gasteiger partial charge in [0.05, 0.1) is 16.1 Å². The Morgan fingerprint density at radius 2 is 1.96 bits per heavy atom. The molecule has 0 bridgehead atoms. The highest BCUT2D eigenvalue weighted by molar-refractivity contribution is 6.42. The van der Waals surface area contributed by atoms with Crippen LogP contribution in [0, 0.1) is 10.1 Å². The van der Waals surface area contributed by atoms with Gasteiger partial charge in [0.15, 0.2) is 5.70 Å². The average molecular weight is 353 g/mol. The zero-order chi connectivity index (χ0) is 16.6. The minimum absolute atomic E-state index is 0.0460. The van der Waals surface area contributed by atoms with Crippen molar-refractivity contribution in [2.24, 2.45) is 4.99 Å². The molecule has 1 aliphatic rings. The second-order valence-corrected chi connectivity index (χ2v) is 5.21. The lowest BCUT2D eigenvalue weighted by atomic mass is 10.2. The first-order valence-electron chi connectivity index (χ1n) is 6.16. The van der Waals surface area contributed by atoms with Crippen molar-refractivity contribution in [1.29, 1.82) is 0 Å². The summed E-state index contributed by atoms with van der Waals surface area (Å²) in [5.74, 6) is -0.967. The third kappa shape index (κ3) is 3.10. The molecule has 0 unspecified atom stereocenters. The van der Waals surface area contributed by atoms with Crippen LogP contribution >= 0.6 is 23.2 Å². The lowest BCUT2D eigenvalue weighted by Gasteiger charge is -2.01. The molecule has 0 saturated carbocycles. The van der Waals surface area contributed by atoms with Crippen molar-refractivity contribution in [3.63, 3.8) is 0 Å². The molecule has 3 rings (SSSR count). The van der Waals surface area contributed by atoms with E-state index < -0.39 is 16.8 Å². The van der Waals surface area contributed by atoms with E-state index in [1.54, 1.807) is 12.1 Å². The van der Waals surface area contributed by atoms with Crippen LogP contribution in [-0.4, -0.2) is 16.8 Å². The van der Waals surface area contributed by atoms with Gasteiger partial charge in [-0.2, -0.15) is 0 Å². The molecule has 0 amide bonds. The number of carbonyl (C=O) groups excluding carboxylic acids is 1. The van der Waals surface area contributed by atoms with Crippen molar-refractivity contribution in [1.82, 2.24) is 0 Å². The Kier molecular flexibility index (Phi) is 3.89. The Bertz CT molecular complexity index is 885. The Morgan fingerprint density at radius 1 is 1.17 bits per heavy atom. The molecule has 2 heterocycles. The van der Waals surface area contributed by atoms with Crippen LogP contribution in [0.1, 0.15) is 11.3 Å². The number of nitrogens with zero attached hydrogens (tertiary/aromatic N) is 2. The molecular weight excluding hydrogens is 347 g/mol. The van der Waals surface area contributed by atoms with E-state index in [0.29, 0.717) is 15.6 Å². The van der Waals surface area contributed by atoms with Gasteiger partial charge in [-0.1, -0.05) is 23.2 Å². The second-order valence-electron chi connectivity index (χ2n) is 4.40. The fourth-order valence-corrected chi connectivity index (χ4v) is 2.11. The Hall–Kier alpha value is -2.64. The quantitative estimate of drug-likeness (QED) is 0.362. The van der Waals surface area contributed by atoms with Crippen LogP contribution < -0.4 is 0 Å². The van der Waals surface area contributed by atoms with Gasteiger partial charge in [0, 0.05) is 11.6 Å². The van der Waals surface area contributed by atoms with Gasteiger partial charge in [0.1, 0.15) is 10.7 Å². The predicted molar refractivity (Wildman–Crippen MR) is 82.4 cm³/mol. The number of esters is 1. The molecule has 23 heavy (non-hydrogen) atoms. The van der Waals surface area contributed by atoms with Crippen molar-refractivity contribution in [3.05, 3.63) is 67.5 Å². The normalized spacial score (nSPS) is 15.7. The fourth-order valence-electron chi connectivity index (χ4n) is 1.81. The van der Waals surface area contributed by atoms with Crippen LogP contribution in [0.2, 0.25) is 10.0 Å². The minimum Gasteiger partial charge on any atom is -0.402 e. The highest BCUT2D eigenvalue weighted by Gasteiger charge is 2.25. The maximum atomic E-state index is 11.8. The Labute approximate surface area is 138 Å². The first-order valence-corrected chi connectivity index (χ1v) is 6.92. The lowest BCUT2D eigenvalue weighted by molar-refractivity contribution is -0.402. The zero-order valence-corrected chi connectivity index (χ0v) is 12.7. The van der Waals surface area contributed by atoms with Crippen molar-refractivity contribution in [2.45, 2.75) is 0 Å². The molecule has 0 aliphatic carbocycles. The van der Waals surface area contributed by atoms with E-state index in [1.165, 1.54) is 24.3 Å². The standard InChI is InChI=1S/C14H6Cl2N2O5/c15-9-3-1-7(5-10(9)16)13-17-11(14(19)23-13)6-8-2-4-12(22-8)18(20)21/h1-6H/b11-6-. The van der Waals surface area contributed by atoms with Crippen molar-refractivity contribution in [2.75, 3.05) is 0 Å². The smallest absolute Gasteiger partial charge is 0.402 e. The monoisotopic (exact) mass is 352 g/mol. The Morgan fingerprint density at radius 3 is 2.61 bits per heavy atom. The highest BCUT2D eigenvalue weighted by Crippen LogP contribution is 2.26. The molecule has 0 atom stereocenters. The molecule has 0 radical (unpaired) electrons. The number of halogens is 2. The molecule has 0 fully saturated rings. The number of hydrogen-bond acceptors (Lipinski definition) is 6. The summed E-state index contributed by atoms with van der Waals surface area (Å²) in [5, 5.41) is 11.2. The average Bonchev–Trinajstić information content (AvgIpc) is 3.10. The number of rotatable bonds is 3. The summed E-state index contributed by atoms with van der Waals surface area (Å²) in [4.78, 5) is 25.7. The van der Waals surface area contributed by atoms with Gasteiger partial charge in [-0.05, 0) is 24.3 Å². The fraction of sp³-hybridized carbons (Fsp3) is 0. The molecule has 9 heteroatoms. The molecule has 2 aromatic rings. The van der Waals surface area contributed by atoms with Crippen molar-refractivity contribution >= 4 is 47.0 Å². The SMILES string of the molecule is O=C1OC(c2ccc(Cl)c(Cl)c2)=N/C1=C\c1ccc([N+](=O)[O-])o1. The number of ether oxygens (including phenoxy) is 1. The molecule has 116 valence electrons. The van der Waals surface area contributed by atoms with E-state index in [0.717, 1.165) is 0 Å². The summed E-state index contributed by atoms with van der Waals surface area (Å²) in [5.41, 5.74) is 0.428. The van der Waals surface area contributed by atoms with Crippen molar-refractivity contribution < 1.29 is 18.9 Å². The number of furan rings is 1. The van der Waals surface area contributed by atoms with E-state index in [1.807, 2.05) is 0 Å². The van der Waals surface area contributed by atoms with Crippen LogP contribution in [0.5, 0.6) is 0 Å². The van der Waals surface area contributed by atoms with Crippen LogP contribution in [0.3, 0.4) is 0 Å². The van der Waals surface area contributed by atoms with Gasteiger partial charge < -0.3 is 9.15 Å². The van der Waals surface area contributed by atoms with E-state index in [2.05, 4.69) is 4.99 Å². The molecule has 7 nitrogen and oxygen atoms in total. The first-order chi connectivity index (χ1) is 10.9. The predicted octanol–water partition coefficient (Wildman–Crippen LogP) is 3.84. The molecule has 0 saturated heterocycles. The molecular formula is C14H6Cl2N2O5. The largest absolute Gasteiger partial charge is 0.433 e. The van der Waals surface area contributed by atoms with E-state index >= 15 is 0 Å². The number of nitro groups is 1. The van der Waals surface area contributed by atoms with Gasteiger partial charge >= 0.3 is 11.9 Å². The zero-order valence-electron chi connectivity index (χ0n) is 11.2. The number of benzene rings is 1. The summed E-state index contributed by atoms with van der Waals surface area (Å²) in [6.45, 7) is 0. The van der Waals surface area contributed by atoms with Gasteiger partial charge in [0.2, 0.25) is 5.90 Å². The third-order valence-corrected chi connectivity index (χ3v) is 3.60. The Balaban J connectivity index is 1.92. The number of cyclic esters (lactones) is 1. The molecule has 1 aliphatic heterocycles. The number of aliphatic imine (C=N–C) groups is 1. The van der Waals surface area contributed by atoms with Gasteiger partial charge in [0.25, 0.3) is 0 Å². The molecule has 1 aromatic carbocycles. The lowest BCUT2D eigenvalue weighted by Crippen LogP contribution is -2.05. The van der Waals surface area contributed by atoms with Gasteiger partial charge in [-0.25, -0.2) is 9.79 Å². The van der Waals surface area contributed by atoms with E-state index in [4.69, 9.17) is 32.4 Å². The number of carbonyl (C=O) groups is 1. The van der Waals surface area contributed by atoms with Gasteiger partial charge in [-0.3, -0.25) is 10.1 Å². The van der Waals surface area contributed by atoms with Crippen molar-refractivity contribution in [3.8, 4) is 0 Å². The van der Waals surface area contributed by atoms with E-state index in [9.17, 15) is 14.9 Å². The topological polar surface area (TPSA) is 94.9 Å². The van der Waals surface area contributed by atoms with Gasteiger partial charge in [-0.15, -0.1) is 0 Å². The molecule has 0 N–H and O–H groups in total. The summed E-state index contributed by atoms with van der Waals surface area (Å²) < 4.78 is 9.99. The number of hydrogen-bond donors (Lipinski definition) is 0. The van der Waals surface area contributed by atoms with E-state index in [-0.39, 0.29) is 17.4 Å². The third-order valence-electron chi connectivity index (χ3n) is 2.86. The van der Waals surface area contributed by atoms with Crippen LogP contribution in [0.4, 0.5) is 5.88 Å². The minimum atomic E-state index is -0.704. The molecule has 0 spiro atoms. The highest BCUT2D eigenvalue weighted by atomic mass is 35.5. The second kappa shape index (κ2) is 5.86. The van der Waals surface area contributed by atoms with Crippen LogP contribution in [0.25, 0.3) is 6.08 Å². The van der Waals surface area contributed by atoms with Crippen LogP contribution in [0.15, 0.2) is 45.4 Å².